The van der Waals surface area contributed by atoms with E-state index in [1.807, 2.05) is 0 Å². The zero-order chi connectivity index (χ0) is 21.1. The van der Waals surface area contributed by atoms with Crippen LogP contribution in [0.25, 0.3) is 0 Å². The predicted molar refractivity (Wildman–Crippen MR) is 107 cm³/mol. The summed E-state index contributed by atoms with van der Waals surface area (Å²) >= 11 is 6.05. The number of hydrogen-bond acceptors (Lipinski definition) is 6. The smallest absolute Gasteiger partial charge is 0.271 e. The Kier molecular flexibility index (Phi) is 6.47. The van der Waals surface area contributed by atoms with Crippen molar-refractivity contribution in [3.05, 3.63) is 57.1 Å². The van der Waals surface area contributed by atoms with Crippen LogP contribution in [0.3, 0.4) is 0 Å². The van der Waals surface area contributed by atoms with Crippen LogP contribution in [-0.2, 0) is 14.8 Å². The maximum atomic E-state index is 12.4. The molecule has 0 spiro atoms. The minimum absolute atomic E-state index is 0.180. The Morgan fingerprint density at radius 3 is 2.50 bits per heavy atom. The second kappa shape index (κ2) is 8.44. The topological polar surface area (TPSA) is 119 Å². The zero-order valence-corrected chi connectivity index (χ0v) is 16.9. The largest absolute Gasteiger partial charge is 0.495 e. The first kappa shape index (κ1) is 21.5. The van der Waals surface area contributed by atoms with Gasteiger partial charge in [-0.3, -0.25) is 19.2 Å². The molecule has 0 aromatic heterocycles. The Morgan fingerprint density at radius 1 is 1.29 bits per heavy atom. The van der Waals surface area contributed by atoms with Crippen LogP contribution in [-0.4, -0.2) is 39.2 Å². The third-order valence-electron chi connectivity index (χ3n) is 3.82. The molecule has 2 rings (SSSR count). The van der Waals surface area contributed by atoms with Crippen molar-refractivity contribution in [2.75, 3.05) is 29.5 Å². The fourth-order valence-electron chi connectivity index (χ4n) is 2.39. The molecule has 150 valence electrons. The minimum atomic E-state index is -3.81. The SMILES string of the molecule is COc1ccc(N(CC(=O)Nc2cc([N+](=O)[O-])ccc2C)S(C)(=O)=O)cc1Cl. The molecule has 11 heteroatoms. The highest BCUT2D eigenvalue weighted by atomic mass is 35.5. The number of nitrogens with one attached hydrogen (secondary N) is 1. The molecular weight excluding hydrogens is 410 g/mol. The van der Waals surface area contributed by atoms with Gasteiger partial charge < -0.3 is 10.1 Å². The van der Waals surface area contributed by atoms with E-state index in [-0.39, 0.29) is 22.1 Å². The molecule has 0 atom stereocenters. The molecule has 0 aliphatic heterocycles. The average Bonchev–Trinajstić information content (AvgIpc) is 2.60. The number of aryl methyl sites for hydroxylation is 1. The van der Waals surface area contributed by atoms with Crippen LogP contribution < -0.4 is 14.4 Å². The van der Waals surface area contributed by atoms with Crippen LogP contribution in [0.2, 0.25) is 5.02 Å². The van der Waals surface area contributed by atoms with Crippen LogP contribution in [0.5, 0.6) is 5.75 Å². The van der Waals surface area contributed by atoms with E-state index in [0.717, 1.165) is 10.6 Å². The van der Waals surface area contributed by atoms with E-state index in [9.17, 15) is 23.3 Å². The summed E-state index contributed by atoms with van der Waals surface area (Å²) in [7, 11) is -2.39. The number of nitro benzene ring substituents is 1. The van der Waals surface area contributed by atoms with Gasteiger partial charge in [-0.25, -0.2) is 8.42 Å². The van der Waals surface area contributed by atoms with Gasteiger partial charge in [-0.2, -0.15) is 0 Å². The van der Waals surface area contributed by atoms with E-state index >= 15 is 0 Å². The summed E-state index contributed by atoms with van der Waals surface area (Å²) in [5.41, 5.74) is 0.805. The lowest BCUT2D eigenvalue weighted by molar-refractivity contribution is -0.384. The summed E-state index contributed by atoms with van der Waals surface area (Å²) in [5, 5.41) is 13.6. The van der Waals surface area contributed by atoms with Gasteiger partial charge in [0.25, 0.3) is 5.69 Å². The van der Waals surface area contributed by atoms with Crippen molar-refractivity contribution in [2.45, 2.75) is 6.92 Å². The summed E-state index contributed by atoms with van der Waals surface area (Å²) in [4.78, 5) is 22.8. The maximum absolute atomic E-state index is 12.4. The summed E-state index contributed by atoms with van der Waals surface area (Å²) in [6.07, 6.45) is 0.955. The van der Waals surface area contributed by atoms with E-state index in [4.69, 9.17) is 16.3 Å². The first-order valence-corrected chi connectivity index (χ1v) is 10.1. The zero-order valence-electron chi connectivity index (χ0n) is 15.3. The van der Waals surface area contributed by atoms with Crippen molar-refractivity contribution in [1.82, 2.24) is 0 Å². The lowest BCUT2D eigenvalue weighted by Gasteiger charge is -2.22. The average molecular weight is 428 g/mol. The van der Waals surface area contributed by atoms with E-state index in [1.165, 1.54) is 43.5 Å². The molecule has 1 amide bonds. The molecule has 1 N–H and O–H groups in total. The van der Waals surface area contributed by atoms with Gasteiger partial charge in [0.15, 0.2) is 0 Å². The summed E-state index contributed by atoms with van der Waals surface area (Å²) in [6, 6.07) is 8.32. The number of nitrogens with zero attached hydrogens (tertiary/aromatic N) is 2. The van der Waals surface area contributed by atoms with Gasteiger partial charge in [0.05, 0.1) is 34.7 Å². The third-order valence-corrected chi connectivity index (χ3v) is 5.25. The molecule has 0 aliphatic rings. The van der Waals surface area contributed by atoms with E-state index in [0.29, 0.717) is 11.3 Å². The highest BCUT2D eigenvalue weighted by Gasteiger charge is 2.22. The lowest BCUT2D eigenvalue weighted by atomic mass is 10.2. The summed E-state index contributed by atoms with van der Waals surface area (Å²) < 4.78 is 30.3. The summed E-state index contributed by atoms with van der Waals surface area (Å²) in [5.74, 6) is -0.309. The van der Waals surface area contributed by atoms with E-state index in [1.54, 1.807) is 6.92 Å². The first-order valence-electron chi connectivity index (χ1n) is 7.89. The van der Waals surface area contributed by atoms with Crippen molar-refractivity contribution in [3.8, 4) is 5.75 Å². The number of anilines is 2. The number of sulfonamides is 1. The van der Waals surface area contributed by atoms with Gasteiger partial charge in [0.2, 0.25) is 15.9 Å². The Morgan fingerprint density at radius 2 is 1.96 bits per heavy atom. The number of carbonyl (C=O) groups excluding carboxylic acids is 1. The molecule has 0 bridgehead atoms. The molecule has 2 aromatic rings. The minimum Gasteiger partial charge on any atom is -0.495 e. The Bertz CT molecular complexity index is 1030. The Balaban J connectivity index is 2.29. The molecule has 0 unspecified atom stereocenters. The first-order chi connectivity index (χ1) is 13.0. The molecular formula is C17H18ClN3O6S. The van der Waals surface area contributed by atoms with Crippen LogP contribution in [0.15, 0.2) is 36.4 Å². The predicted octanol–water partition coefficient (Wildman–Crippen LogP) is 2.97. The van der Waals surface area contributed by atoms with E-state index in [2.05, 4.69) is 5.32 Å². The number of halogens is 1. The molecule has 0 radical (unpaired) electrons. The fourth-order valence-corrected chi connectivity index (χ4v) is 3.49. The van der Waals surface area contributed by atoms with Crippen molar-refractivity contribution in [2.24, 2.45) is 0 Å². The normalized spacial score (nSPS) is 11.0. The van der Waals surface area contributed by atoms with Gasteiger partial charge >= 0.3 is 0 Å². The highest BCUT2D eigenvalue weighted by molar-refractivity contribution is 7.92. The second-order valence-electron chi connectivity index (χ2n) is 5.89. The van der Waals surface area contributed by atoms with Gasteiger partial charge in [-0.05, 0) is 30.7 Å². The molecule has 2 aromatic carbocycles. The molecule has 9 nitrogen and oxygen atoms in total. The fraction of sp³-hybridized carbons (Fsp3) is 0.235. The number of ether oxygens (including phenoxy) is 1. The highest BCUT2D eigenvalue weighted by Crippen LogP contribution is 2.30. The molecule has 28 heavy (non-hydrogen) atoms. The molecule has 0 fully saturated rings. The number of rotatable bonds is 7. The van der Waals surface area contributed by atoms with Crippen LogP contribution >= 0.6 is 11.6 Å². The second-order valence-corrected chi connectivity index (χ2v) is 8.21. The van der Waals surface area contributed by atoms with Gasteiger partial charge in [-0.1, -0.05) is 17.7 Å². The number of carbonyl (C=O) groups is 1. The number of amides is 1. The Labute approximate surface area is 167 Å². The van der Waals surface area contributed by atoms with Crippen molar-refractivity contribution in [1.29, 1.82) is 0 Å². The maximum Gasteiger partial charge on any atom is 0.271 e. The Hall–Kier alpha value is -2.85. The standard InChI is InChI=1S/C17H18ClN3O6S/c1-11-4-5-13(21(23)24)9-15(11)19-17(22)10-20(28(3,25)26)12-6-7-16(27-2)14(18)8-12/h4-9H,10H2,1-3H3,(H,19,22). The van der Waals surface area contributed by atoms with Crippen molar-refractivity contribution in [3.63, 3.8) is 0 Å². The van der Waals surface area contributed by atoms with Gasteiger partial charge in [0.1, 0.15) is 12.3 Å². The van der Waals surface area contributed by atoms with Crippen molar-refractivity contribution >= 4 is 44.6 Å². The van der Waals surface area contributed by atoms with Crippen LogP contribution in [0.1, 0.15) is 5.56 Å². The van der Waals surface area contributed by atoms with Crippen LogP contribution in [0, 0.1) is 17.0 Å². The lowest BCUT2D eigenvalue weighted by Crippen LogP contribution is -2.37. The number of benzene rings is 2. The number of methoxy groups -OCH3 is 1. The third kappa shape index (κ3) is 5.11. The monoisotopic (exact) mass is 427 g/mol. The number of nitro groups is 1. The number of hydrogen-bond donors (Lipinski definition) is 1. The quantitative estimate of drug-likeness (QED) is 0.536. The van der Waals surface area contributed by atoms with Crippen molar-refractivity contribution < 1.29 is 22.9 Å². The van der Waals surface area contributed by atoms with Gasteiger partial charge in [-0.15, -0.1) is 0 Å². The van der Waals surface area contributed by atoms with E-state index < -0.39 is 27.4 Å². The van der Waals surface area contributed by atoms with Crippen LogP contribution in [0.4, 0.5) is 17.1 Å². The molecule has 0 aliphatic carbocycles. The molecule has 0 heterocycles. The number of non-ortho nitro benzene ring substituents is 1. The molecule has 0 saturated carbocycles. The van der Waals surface area contributed by atoms with Gasteiger partial charge in [0, 0.05) is 12.1 Å². The molecule has 0 saturated heterocycles. The summed E-state index contributed by atoms with van der Waals surface area (Å²) in [6.45, 7) is 1.13.